The summed E-state index contributed by atoms with van der Waals surface area (Å²) in [6.45, 7) is 0. The van der Waals surface area contributed by atoms with E-state index in [2.05, 4.69) is 4.98 Å². The van der Waals surface area contributed by atoms with E-state index < -0.39 is 5.97 Å². The van der Waals surface area contributed by atoms with Crippen molar-refractivity contribution < 1.29 is 14.6 Å². The fourth-order valence-corrected chi connectivity index (χ4v) is 1.04. The number of aromatic nitrogens is 1. The molecule has 1 heterocycles. The molecule has 0 radical (unpaired) electrons. The quantitative estimate of drug-likeness (QED) is 0.755. The fourth-order valence-electron chi connectivity index (χ4n) is 1.04. The average molecular weight is 181 g/mol. The lowest BCUT2D eigenvalue weighted by molar-refractivity contribution is -0.136. The molecule has 0 saturated carbocycles. The Labute approximate surface area is 76.2 Å². The molecule has 1 rings (SSSR count). The van der Waals surface area contributed by atoms with Crippen LogP contribution in [0.2, 0.25) is 0 Å². The van der Waals surface area contributed by atoms with Gasteiger partial charge < -0.3 is 9.84 Å². The number of hydrogen-bond donors (Lipinski definition) is 1. The Morgan fingerprint density at radius 2 is 2.46 bits per heavy atom. The van der Waals surface area contributed by atoms with Gasteiger partial charge in [-0.15, -0.1) is 0 Å². The van der Waals surface area contributed by atoms with Crippen molar-refractivity contribution in [2.75, 3.05) is 7.11 Å². The molecule has 0 aliphatic heterocycles. The minimum Gasteiger partial charge on any atom is -0.495 e. The number of carbonyl (C=O) groups is 1. The maximum Gasteiger partial charge on any atom is 0.303 e. The topological polar surface area (TPSA) is 59.4 Å². The molecule has 13 heavy (non-hydrogen) atoms. The van der Waals surface area contributed by atoms with Crippen molar-refractivity contribution in [1.82, 2.24) is 4.98 Å². The van der Waals surface area contributed by atoms with E-state index in [1.807, 2.05) is 0 Å². The lowest BCUT2D eigenvalue weighted by Crippen LogP contribution is -1.99. The number of hydrogen-bond acceptors (Lipinski definition) is 3. The van der Waals surface area contributed by atoms with E-state index in [1.165, 1.54) is 0 Å². The van der Waals surface area contributed by atoms with E-state index in [0.717, 1.165) is 5.56 Å². The van der Waals surface area contributed by atoms with E-state index in [1.54, 1.807) is 25.6 Å². The number of carboxylic acids is 1. The van der Waals surface area contributed by atoms with Gasteiger partial charge in [0.25, 0.3) is 0 Å². The van der Waals surface area contributed by atoms with Crippen LogP contribution in [0.5, 0.6) is 5.75 Å². The maximum atomic E-state index is 10.3. The third kappa shape index (κ3) is 2.74. The van der Waals surface area contributed by atoms with Crippen LogP contribution in [0.1, 0.15) is 12.0 Å². The number of rotatable bonds is 4. The van der Waals surface area contributed by atoms with Crippen LogP contribution in [0.25, 0.3) is 0 Å². The Balaban J connectivity index is 2.69. The monoisotopic (exact) mass is 181 g/mol. The normalized spacial score (nSPS) is 9.62. The maximum absolute atomic E-state index is 10.3. The third-order valence-electron chi connectivity index (χ3n) is 1.70. The molecule has 0 bridgehead atoms. The van der Waals surface area contributed by atoms with Crippen molar-refractivity contribution in [2.45, 2.75) is 12.8 Å². The van der Waals surface area contributed by atoms with Crippen LogP contribution in [0.15, 0.2) is 18.5 Å². The first-order chi connectivity index (χ1) is 6.24. The summed E-state index contributed by atoms with van der Waals surface area (Å²) in [5, 5.41) is 8.48. The van der Waals surface area contributed by atoms with Gasteiger partial charge >= 0.3 is 5.97 Å². The summed E-state index contributed by atoms with van der Waals surface area (Å²) < 4.78 is 5.02. The number of aryl methyl sites for hydroxylation is 1. The standard InChI is InChI=1S/C9H11NO3/c1-13-8-6-10-5-4-7(8)2-3-9(11)12/h4-6H,2-3H2,1H3,(H,11,12). The summed E-state index contributed by atoms with van der Waals surface area (Å²) in [6.07, 6.45) is 3.79. The molecule has 1 N–H and O–H groups in total. The van der Waals surface area contributed by atoms with Crippen LogP contribution in [-0.2, 0) is 11.2 Å². The predicted molar refractivity (Wildman–Crippen MR) is 46.7 cm³/mol. The van der Waals surface area contributed by atoms with Crippen LogP contribution in [0.4, 0.5) is 0 Å². The lowest BCUT2D eigenvalue weighted by Gasteiger charge is -2.05. The van der Waals surface area contributed by atoms with Crippen molar-refractivity contribution in [2.24, 2.45) is 0 Å². The highest BCUT2D eigenvalue weighted by Crippen LogP contribution is 2.16. The molecule has 0 atom stereocenters. The molecule has 0 aromatic carbocycles. The van der Waals surface area contributed by atoms with Gasteiger partial charge in [-0.25, -0.2) is 0 Å². The summed E-state index contributed by atoms with van der Waals surface area (Å²) in [5.74, 6) is -0.164. The van der Waals surface area contributed by atoms with Crippen LogP contribution in [-0.4, -0.2) is 23.2 Å². The SMILES string of the molecule is COc1cnccc1CCC(=O)O. The first kappa shape index (κ1) is 9.51. The summed E-state index contributed by atoms with van der Waals surface area (Å²) >= 11 is 0. The molecule has 0 fully saturated rings. The summed E-state index contributed by atoms with van der Waals surface area (Å²) in [5.41, 5.74) is 0.875. The zero-order chi connectivity index (χ0) is 9.68. The zero-order valence-corrected chi connectivity index (χ0v) is 7.36. The minimum absolute atomic E-state index is 0.111. The van der Waals surface area contributed by atoms with Gasteiger partial charge in [0.1, 0.15) is 5.75 Å². The molecule has 1 aromatic rings. The third-order valence-corrected chi connectivity index (χ3v) is 1.70. The number of carboxylic acid groups (broad SMARTS) is 1. The van der Waals surface area contributed by atoms with Crippen molar-refractivity contribution in [3.05, 3.63) is 24.0 Å². The van der Waals surface area contributed by atoms with Crippen LogP contribution >= 0.6 is 0 Å². The fraction of sp³-hybridized carbons (Fsp3) is 0.333. The first-order valence-electron chi connectivity index (χ1n) is 3.92. The van der Waals surface area contributed by atoms with E-state index in [0.29, 0.717) is 12.2 Å². The van der Waals surface area contributed by atoms with Gasteiger partial charge in [0.2, 0.25) is 0 Å². The second kappa shape index (κ2) is 4.45. The molecule has 0 unspecified atom stereocenters. The van der Waals surface area contributed by atoms with Crippen molar-refractivity contribution in [3.63, 3.8) is 0 Å². The van der Waals surface area contributed by atoms with E-state index in [9.17, 15) is 4.79 Å². The Bertz CT molecular complexity index is 299. The van der Waals surface area contributed by atoms with E-state index >= 15 is 0 Å². The lowest BCUT2D eigenvalue weighted by atomic mass is 10.1. The Hall–Kier alpha value is -1.58. The predicted octanol–water partition coefficient (Wildman–Crippen LogP) is 1.11. The van der Waals surface area contributed by atoms with Crippen molar-refractivity contribution >= 4 is 5.97 Å². The zero-order valence-electron chi connectivity index (χ0n) is 7.36. The molecular weight excluding hydrogens is 170 g/mol. The average Bonchev–Trinajstić information content (AvgIpc) is 2.15. The van der Waals surface area contributed by atoms with Crippen LogP contribution in [0.3, 0.4) is 0 Å². The number of aliphatic carboxylic acids is 1. The first-order valence-corrected chi connectivity index (χ1v) is 3.92. The number of ether oxygens (including phenoxy) is 1. The van der Waals surface area contributed by atoms with Gasteiger partial charge in [-0.2, -0.15) is 0 Å². The highest BCUT2D eigenvalue weighted by Gasteiger charge is 2.04. The second-order valence-electron chi connectivity index (χ2n) is 2.58. The van der Waals surface area contributed by atoms with Crippen LogP contribution in [0, 0.1) is 0 Å². The molecule has 4 nitrogen and oxygen atoms in total. The molecule has 1 aromatic heterocycles. The van der Waals surface area contributed by atoms with E-state index in [4.69, 9.17) is 9.84 Å². The molecular formula is C9H11NO3. The largest absolute Gasteiger partial charge is 0.495 e. The summed E-state index contributed by atoms with van der Waals surface area (Å²) in [4.78, 5) is 14.2. The number of pyridine rings is 1. The molecule has 0 spiro atoms. The molecule has 0 saturated heterocycles. The Morgan fingerprint density at radius 3 is 3.08 bits per heavy atom. The Kier molecular flexibility index (Phi) is 3.25. The van der Waals surface area contributed by atoms with E-state index in [-0.39, 0.29) is 6.42 Å². The molecule has 4 heteroatoms. The van der Waals surface area contributed by atoms with Crippen molar-refractivity contribution in [3.8, 4) is 5.75 Å². The van der Waals surface area contributed by atoms with Gasteiger partial charge in [0.05, 0.1) is 13.3 Å². The van der Waals surface area contributed by atoms with Gasteiger partial charge in [-0.05, 0) is 18.1 Å². The highest BCUT2D eigenvalue weighted by molar-refractivity contribution is 5.67. The van der Waals surface area contributed by atoms with Gasteiger partial charge in [-0.3, -0.25) is 9.78 Å². The Morgan fingerprint density at radius 1 is 1.69 bits per heavy atom. The second-order valence-corrected chi connectivity index (χ2v) is 2.58. The summed E-state index contributed by atoms with van der Waals surface area (Å²) in [7, 11) is 1.54. The number of nitrogens with zero attached hydrogens (tertiary/aromatic N) is 1. The highest BCUT2D eigenvalue weighted by atomic mass is 16.5. The number of methoxy groups -OCH3 is 1. The van der Waals surface area contributed by atoms with Gasteiger partial charge in [-0.1, -0.05) is 0 Å². The van der Waals surface area contributed by atoms with Crippen molar-refractivity contribution in [1.29, 1.82) is 0 Å². The molecule has 70 valence electrons. The summed E-state index contributed by atoms with van der Waals surface area (Å²) in [6, 6.07) is 1.77. The molecule has 0 aliphatic carbocycles. The molecule has 0 aliphatic rings. The van der Waals surface area contributed by atoms with Gasteiger partial charge in [0.15, 0.2) is 0 Å². The van der Waals surface area contributed by atoms with Gasteiger partial charge in [0, 0.05) is 12.6 Å². The van der Waals surface area contributed by atoms with Crippen LogP contribution < -0.4 is 4.74 Å². The minimum atomic E-state index is -0.807. The smallest absolute Gasteiger partial charge is 0.303 e. The molecule has 0 amide bonds.